The zero-order chi connectivity index (χ0) is 11.7. The first-order valence-electron chi connectivity index (χ1n) is 5.62. The average Bonchev–Trinajstić information content (AvgIpc) is 3.11. The summed E-state index contributed by atoms with van der Waals surface area (Å²) in [5, 5.41) is 12.4. The Labute approximate surface area is 98.6 Å². The molecule has 0 aromatic carbocycles. The molecule has 2 heterocycles. The third-order valence-electron chi connectivity index (χ3n) is 2.77. The van der Waals surface area contributed by atoms with Gasteiger partial charge in [-0.1, -0.05) is 6.07 Å². The third kappa shape index (κ3) is 2.11. The Morgan fingerprint density at radius 1 is 1.47 bits per heavy atom. The van der Waals surface area contributed by atoms with Crippen LogP contribution in [0, 0.1) is 0 Å². The van der Waals surface area contributed by atoms with Crippen LogP contribution in [-0.2, 0) is 6.54 Å². The fraction of sp³-hybridized carbons (Fsp3) is 0.455. The SMILES string of the molecule is COc1ncccc1Cn1nnc(C2CC2)n1. The minimum atomic E-state index is 0.527. The second-order valence-corrected chi connectivity index (χ2v) is 4.12. The van der Waals surface area contributed by atoms with Crippen LogP contribution in [0.2, 0.25) is 0 Å². The van der Waals surface area contributed by atoms with Crippen molar-refractivity contribution in [1.82, 2.24) is 25.2 Å². The molecule has 0 radical (unpaired) electrons. The van der Waals surface area contributed by atoms with E-state index in [1.54, 1.807) is 18.1 Å². The molecule has 6 nitrogen and oxygen atoms in total. The molecule has 0 spiro atoms. The lowest BCUT2D eigenvalue weighted by Crippen LogP contribution is -2.06. The third-order valence-corrected chi connectivity index (χ3v) is 2.77. The highest BCUT2D eigenvalue weighted by Gasteiger charge is 2.28. The van der Waals surface area contributed by atoms with E-state index in [1.165, 1.54) is 12.8 Å². The second kappa shape index (κ2) is 4.12. The van der Waals surface area contributed by atoms with Crippen LogP contribution in [0.15, 0.2) is 18.3 Å². The molecule has 88 valence electrons. The number of rotatable bonds is 4. The van der Waals surface area contributed by atoms with Gasteiger partial charge >= 0.3 is 0 Å². The van der Waals surface area contributed by atoms with E-state index in [4.69, 9.17) is 4.74 Å². The van der Waals surface area contributed by atoms with Crippen molar-refractivity contribution < 1.29 is 4.74 Å². The predicted molar refractivity (Wildman–Crippen MR) is 59.7 cm³/mol. The number of hydrogen-bond acceptors (Lipinski definition) is 5. The number of pyridine rings is 1. The molecule has 0 unspecified atom stereocenters. The number of ether oxygens (including phenoxy) is 1. The highest BCUT2D eigenvalue weighted by atomic mass is 16.5. The molecule has 0 saturated heterocycles. The van der Waals surface area contributed by atoms with Crippen LogP contribution >= 0.6 is 0 Å². The van der Waals surface area contributed by atoms with Gasteiger partial charge in [-0.15, -0.1) is 10.2 Å². The van der Waals surface area contributed by atoms with Crippen molar-refractivity contribution in [2.45, 2.75) is 25.3 Å². The number of tetrazole rings is 1. The molecule has 6 heteroatoms. The first kappa shape index (κ1) is 10.2. The smallest absolute Gasteiger partial charge is 0.218 e. The fourth-order valence-corrected chi connectivity index (χ4v) is 1.71. The summed E-state index contributed by atoms with van der Waals surface area (Å²) in [7, 11) is 1.61. The Hall–Kier alpha value is -1.98. The van der Waals surface area contributed by atoms with Gasteiger partial charge in [0.15, 0.2) is 5.82 Å². The highest BCUT2D eigenvalue weighted by molar-refractivity contribution is 5.25. The van der Waals surface area contributed by atoms with Gasteiger partial charge in [-0.2, -0.15) is 4.80 Å². The predicted octanol–water partition coefficient (Wildman–Crippen LogP) is 1.00. The molecular weight excluding hydrogens is 218 g/mol. The molecule has 2 aromatic heterocycles. The molecule has 0 amide bonds. The molecule has 0 atom stereocenters. The summed E-state index contributed by atoms with van der Waals surface area (Å²) < 4.78 is 5.18. The van der Waals surface area contributed by atoms with E-state index in [0.29, 0.717) is 18.3 Å². The summed E-state index contributed by atoms with van der Waals surface area (Å²) in [6, 6.07) is 3.82. The van der Waals surface area contributed by atoms with Crippen molar-refractivity contribution in [3.8, 4) is 5.88 Å². The summed E-state index contributed by atoms with van der Waals surface area (Å²) in [5.74, 6) is 1.99. The van der Waals surface area contributed by atoms with Crippen molar-refractivity contribution in [2.75, 3.05) is 7.11 Å². The molecule has 2 aromatic rings. The van der Waals surface area contributed by atoms with Crippen LogP contribution in [0.3, 0.4) is 0 Å². The first-order chi connectivity index (χ1) is 8.36. The summed E-state index contributed by atoms with van der Waals surface area (Å²) in [5.41, 5.74) is 0.953. The van der Waals surface area contributed by atoms with Crippen molar-refractivity contribution >= 4 is 0 Å². The molecule has 1 saturated carbocycles. The van der Waals surface area contributed by atoms with Gasteiger partial charge in [0.25, 0.3) is 0 Å². The molecule has 3 rings (SSSR count). The summed E-state index contributed by atoms with van der Waals surface area (Å²) in [6.07, 6.45) is 4.07. The minimum Gasteiger partial charge on any atom is -0.481 e. The van der Waals surface area contributed by atoms with Gasteiger partial charge in [0.2, 0.25) is 5.88 Å². The van der Waals surface area contributed by atoms with E-state index in [1.807, 2.05) is 12.1 Å². The molecule has 0 aliphatic heterocycles. The lowest BCUT2D eigenvalue weighted by atomic mass is 10.3. The van der Waals surface area contributed by atoms with Crippen LogP contribution in [0.1, 0.15) is 30.1 Å². The maximum absolute atomic E-state index is 5.18. The van der Waals surface area contributed by atoms with Gasteiger partial charge in [0.05, 0.1) is 13.7 Å². The normalized spacial score (nSPS) is 14.9. The van der Waals surface area contributed by atoms with E-state index in [9.17, 15) is 0 Å². The molecule has 1 aliphatic carbocycles. The van der Waals surface area contributed by atoms with Crippen LogP contribution in [0.5, 0.6) is 5.88 Å². The van der Waals surface area contributed by atoms with E-state index in [2.05, 4.69) is 20.4 Å². The Morgan fingerprint density at radius 3 is 3.12 bits per heavy atom. The Kier molecular flexibility index (Phi) is 2.47. The summed E-state index contributed by atoms with van der Waals surface area (Å²) >= 11 is 0. The quantitative estimate of drug-likeness (QED) is 0.785. The van der Waals surface area contributed by atoms with Crippen LogP contribution in [0.25, 0.3) is 0 Å². The van der Waals surface area contributed by atoms with Gasteiger partial charge in [0.1, 0.15) is 0 Å². The fourth-order valence-electron chi connectivity index (χ4n) is 1.71. The van der Waals surface area contributed by atoms with E-state index >= 15 is 0 Å². The topological polar surface area (TPSA) is 65.7 Å². The summed E-state index contributed by atoms with van der Waals surface area (Å²) in [4.78, 5) is 5.73. The zero-order valence-electron chi connectivity index (χ0n) is 9.58. The molecule has 0 bridgehead atoms. The van der Waals surface area contributed by atoms with Crippen molar-refractivity contribution in [3.63, 3.8) is 0 Å². The average molecular weight is 231 g/mol. The zero-order valence-corrected chi connectivity index (χ0v) is 9.58. The monoisotopic (exact) mass is 231 g/mol. The van der Waals surface area contributed by atoms with Crippen molar-refractivity contribution in [3.05, 3.63) is 29.7 Å². The number of aromatic nitrogens is 5. The van der Waals surface area contributed by atoms with Crippen LogP contribution in [-0.4, -0.2) is 32.3 Å². The number of methoxy groups -OCH3 is 1. The van der Waals surface area contributed by atoms with Crippen LogP contribution < -0.4 is 4.74 Å². The largest absolute Gasteiger partial charge is 0.481 e. The maximum Gasteiger partial charge on any atom is 0.218 e. The van der Waals surface area contributed by atoms with Crippen molar-refractivity contribution in [2.24, 2.45) is 0 Å². The van der Waals surface area contributed by atoms with E-state index < -0.39 is 0 Å². The van der Waals surface area contributed by atoms with Gasteiger partial charge in [-0.3, -0.25) is 0 Å². The molecule has 0 N–H and O–H groups in total. The number of nitrogens with zero attached hydrogens (tertiary/aromatic N) is 5. The van der Waals surface area contributed by atoms with E-state index in [0.717, 1.165) is 11.4 Å². The Balaban J connectivity index is 1.80. The van der Waals surface area contributed by atoms with Gasteiger partial charge in [0, 0.05) is 17.7 Å². The Morgan fingerprint density at radius 2 is 2.35 bits per heavy atom. The van der Waals surface area contributed by atoms with Gasteiger partial charge in [-0.05, 0) is 24.1 Å². The molecular formula is C11H13N5O. The minimum absolute atomic E-state index is 0.527. The lowest BCUT2D eigenvalue weighted by molar-refractivity contribution is 0.388. The molecule has 17 heavy (non-hydrogen) atoms. The van der Waals surface area contributed by atoms with Gasteiger partial charge in [-0.25, -0.2) is 4.98 Å². The first-order valence-corrected chi connectivity index (χ1v) is 5.62. The van der Waals surface area contributed by atoms with E-state index in [-0.39, 0.29) is 0 Å². The molecule has 1 aliphatic rings. The maximum atomic E-state index is 5.18. The van der Waals surface area contributed by atoms with Crippen LogP contribution in [0.4, 0.5) is 0 Å². The molecule has 1 fully saturated rings. The number of hydrogen-bond donors (Lipinski definition) is 0. The summed E-state index contributed by atoms with van der Waals surface area (Å²) in [6.45, 7) is 0.538. The lowest BCUT2D eigenvalue weighted by Gasteiger charge is -2.04. The second-order valence-electron chi connectivity index (χ2n) is 4.12. The highest BCUT2D eigenvalue weighted by Crippen LogP contribution is 2.37. The van der Waals surface area contributed by atoms with Crippen molar-refractivity contribution in [1.29, 1.82) is 0 Å². The standard InChI is InChI=1S/C11H13N5O/c1-17-11-9(3-2-6-12-11)7-16-14-10(13-15-16)8-4-5-8/h2-3,6,8H,4-5,7H2,1H3. The Bertz CT molecular complexity index is 520. The van der Waals surface area contributed by atoms with Gasteiger partial charge < -0.3 is 4.74 Å².